The van der Waals surface area contributed by atoms with E-state index >= 15 is 0 Å². The number of ether oxygens (including phenoxy) is 1. The molecule has 2 aliphatic rings. The van der Waals surface area contributed by atoms with Gasteiger partial charge in [0.15, 0.2) is 0 Å². The summed E-state index contributed by atoms with van der Waals surface area (Å²) < 4.78 is 5.91. The highest BCUT2D eigenvalue weighted by Crippen LogP contribution is 2.42. The molecular formula is C21H22ClN3O2. The predicted octanol–water partition coefficient (Wildman–Crippen LogP) is 3.55. The van der Waals surface area contributed by atoms with Crippen LogP contribution >= 0.6 is 12.4 Å². The predicted molar refractivity (Wildman–Crippen MR) is 106 cm³/mol. The quantitative estimate of drug-likeness (QED) is 0.880. The zero-order valence-corrected chi connectivity index (χ0v) is 16.0. The van der Waals surface area contributed by atoms with Crippen molar-refractivity contribution in [2.75, 3.05) is 25.0 Å². The highest BCUT2D eigenvalue weighted by Gasteiger charge is 2.38. The van der Waals surface area contributed by atoms with Gasteiger partial charge in [0.05, 0.1) is 18.2 Å². The third-order valence-electron chi connectivity index (χ3n) is 5.19. The van der Waals surface area contributed by atoms with E-state index in [0.717, 1.165) is 37.7 Å². The molecule has 1 saturated heterocycles. The van der Waals surface area contributed by atoms with Crippen molar-refractivity contribution in [3.8, 4) is 11.8 Å². The van der Waals surface area contributed by atoms with E-state index in [1.54, 1.807) is 0 Å². The summed E-state index contributed by atoms with van der Waals surface area (Å²) in [7, 11) is 0. The van der Waals surface area contributed by atoms with E-state index in [2.05, 4.69) is 28.4 Å². The number of anilines is 1. The molecule has 0 saturated carbocycles. The molecule has 2 heterocycles. The van der Waals surface area contributed by atoms with Crippen molar-refractivity contribution in [2.24, 2.45) is 5.92 Å². The lowest BCUT2D eigenvalue weighted by molar-refractivity contribution is -0.114. The van der Waals surface area contributed by atoms with Crippen LogP contribution in [-0.2, 0) is 11.3 Å². The van der Waals surface area contributed by atoms with Crippen molar-refractivity contribution in [2.45, 2.75) is 19.4 Å². The fraction of sp³-hybridized carbons (Fsp3) is 0.333. The molecule has 0 aromatic heterocycles. The Morgan fingerprint density at radius 1 is 1.26 bits per heavy atom. The molecule has 140 valence electrons. The Morgan fingerprint density at radius 2 is 2.04 bits per heavy atom. The number of nitrogens with one attached hydrogen (secondary N) is 1. The first kappa shape index (κ1) is 19.2. The van der Waals surface area contributed by atoms with Crippen LogP contribution in [0.4, 0.5) is 5.69 Å². The van der Waals surface area contributed by atoms with E-state index in [0.29, 0.717) is 17.4 Å². The maximum atomic E-state index is 11.1. The van der Waals surface area contributed by atoms with Gasteiger partial charge in [-0.2, -0.15) is 5.26 Å². The normalized spacial score (nSPS) is 20.4. The minimum Gasteiger partial charge on any atom is -0.493 e. The van der Waals surface area contributed by atoms with Crippen molar-refractivity contribution < 1.29 is 9.53 Å². The SMILES string of the molecule is CC(=O)Nc1ccc(CN2CC3COc4ccc(C#N)cc4C3C2)cc1.Cl. The smallest absolute Gasteiger partial charge is 0.221 e. The molecule has 4 rings (SSSR count). The highest BCUT2D eigenvalue weighted by atomic mass is 35.5. The monoisotopic (exact) mass is 383 g/mol. The van der Waals surface area contributed by atoms with Gasteiger partial charge >= 0.3 is 0 Å². The van der Waals surface area contributed by atoms with Gasteiger partial charge in [-0.25, -0.2) is 0 Å². The lowest BCUT2D eigenvalue weighted by Gasteiger charge is -2.27. The molecule has 0 radical (unpaired) electrons. The Balaban J connectivity index is 0.00000210. The fourth-order valence-corrected chi connectivity index (χ4v) is 4.00. The van der Waals surface area contributed by atoms with Crippen LogP contribution in [0.3, 0.4) is 0 Å². The molecular weight excluding hydrogens is 362 g/mol. The van der Waals surface area contributed by atoms with E-state index in [1.165, 1.54) is 18.1 Å². The lowest BCUT2D eigenvalue weighted by atomic mass is 9.86. The highest BCUT2D eigenvalue weighted by molar-refractivity contribution is 5.88. The van der Waals surface area contributed by atoms with E-state index < -0.39 is 0 Å². The Morgan fingerprint density at radius 3 is 2.74 bits per heavy atom. The summed E-state index contributed by atoms with van der Waals surface area (Å²) in [6.45, 7) is 5.09. The molecule has 0 bridgehead atoms. The van der Waals surface area contributed by atoms with Crippen molar-refractivity contribution in [3.63, 3.8) is 0 Å². The molecule has 1 amide bonds. The van der Waals surface area contributed by atoms with E-state index in [-0.39, 0.29) is 18.3 Å². The summed E-state index contributed by atoms with van der Waals surface area (Å²) in [6, 6.07) is 16.0. The Hall–Kier alpha value is -2.55. The molecule has 27 heavy (non-hydrogen) atoms. The largest absolute Gasteiger partial charge is 0.493 e. The molecule has 2 aliphatic heterocycles. The van der Waals surface area contributed by atoms with Crippen LogP contribution in [0.1, 0.15) is 29.5 Å². The maximum absolute atomic E-state index is 11.1. The number of hydrogen-bond acceptors (Lipinski definition) is 4. The summed E-state index contributed by atoms with van der Waals surface area (Å²) in [5.41, 5.74) is 3.91. The van der Waals surface area contributed by atoms with Crippen LogP contribution in [0.5, 0.6) is 5.75 Å². The first-order valence-electron chi connectivity index (χ1n) is 8.88. The number of nitriles is 1. The second-order valence-electron chi connectivity index (χ2n) is 7.11. The lowest BCUT2D eigenvalue weighted by Crippen LogP contribution is -2.25. The number of rotatable bonds is 3. The van der Waals surface area contributed by atoms with Gasteiger partial charge in [0.25, 0.3) is 0 Å². The zero-order chi connectivity index (χ0) is 18.1. The minimum atomic E-state index is -0.0585. The molecule has 2 atom stereocenters. The number of carbonyl (C=O) groups excluding carboxylic acids is 1. The van der Waals surface area contributed by atoms with Crippen molar-refractivity contribution in [1.82, 2.24) is 4.90 Å². The zero-order valence-electron chi connectivity index (χ0n) is 15.1. The average molecular weight is 384 g/mol. The second-order valence-corrected chi connectivity index (χ2v) is 7.11. The van der Waals surface area contributed by atoms with Gasteiger partial charge in [0.2, 0.25) is 5.91 Å². The third-order valence-corrected chi connectivity index (χ3v) is 5.19. The number of nitrogens with zero attached hydrogens (tertiary/aromatic N) is 2. The van der Waals surface area contributed by atoms with Gasteiger partial charge in [0.1, 0.15) is 5.75 Å². The number of halogens is 1. The van der Waals surface area contributed by atoms with Gasteiger partial charge in [-0.05, 0) is 35.9 Å². The summed E-state index contributed by atoms with van der Waals surface area (Å²) in [5, 5.41) is 12.0. The standard InChI is InChI=1S/C21H21N3O2.ClH/c1-14(25)23-18-5-2-15(3-6-18)10-24-11-17-13-26-21-7-4-16(9-22)8-19(21)20(17)12-24;/h2-8,17,20H,10-13H2,1H3,(H,23,25);1H. The molecule has 0 aliphatic carbocycles. The molecule has 2 aromatic carbocycles. The minimum absolute atomic E-state index is 0. The van der Waals surface area contributed by atoms with E-state index in [1.807, 2.05) is 30.3 Å². The number of likely N-dealkylation sites (tertiary alicyclic amines) is 1. The van der Waals surface area contributed by atoms with Gasteiger partial charge in [0, 0.05) is 49.6 Å². The first-order chi connectivity index (χ1) is 12.6. The molecule has 0 spiro atoms. The van der Waals surface area contributed by atoms with E-state index in [4.69, 9.17) is 4.74 Å². The topological polar surface area (TPSA) is 65.4 Å². The first-order valence-corrected chi connectivity index (χ1v) is 8.88. The molecule has 1 N–H and O–H groups in total. The summed E-state index contributed by atoms with van der Waals surface area (Å²) in [4.78, 5) is 13.6. The maximum Gasteiger partial charge on any atom is 0.221 e. The molecule has 1 fully saturated rings. The van der Waals surface area contributed by atoms with Gasteiger partial charge in [-0.15, -0.1) is 12.4 Å². The van der Waals surface area contributed by atoms with Crippen LogP contribution in [0.2, 0.25) is 0 Å². The number of fused-ring (bicyclic) bond motifs is 3. The number of carbonyl (C=O) groups is 1. The van der Waals surface area contributed by atoms with Gasteiger partial charge in [-0.3, -0.25) is 9.69 Å². The molecule has 6 heteroatoms. The molecule has 5 nitrogen and oxygen atoms in total. The summed E-state index contributed by atoms with van der Waals surface area (Å²) in [6.07, 6.45) is 0. The Bertz CT molecular complexity index is 876. The second kappa shape index (κ2) is 7.99. The van der Waals surface area contributed by atoms with Crippen molar-refractivity contribution in [1.29, 1.82) is 5.26 Å². The van der Waals surface area contributed by atoms with Gasteiger partial charge < -0.3 is 10.1 Å². The fourth-order valence-electron chi connectivity index (χ4n) is 4.00. The third kappa shape index (κ3) is 4.08. The number of benzene rings is 2. The van der Waals surface area contributed by atoms with Crippen LogP contribution in [0.15, 0.2) is 42.5 Å². The average Bonchev–Trinajstić information content (AvgIpc) is 3.05. The Kier molecular flexibility index (Phi) is 5.69. The van der Waals surface area contributed by atoms with Crippen LogP contribution in [-0.4, -0.2) is 30.5 Å². The van der Waals surface area contributed by atoms with Crippen molar-refractivity contribution in [3.05, 3.63) is 59.2 Å². The Labute approximate surface area is 165 Å². The van der Waals surface area contributed by atoms with Crippen LogP contribution in [0, 0.1) is 17.2 Å². The van der Waals surface area contributed by atoms with E-state index in [9.17, 15) is 10.1 Å². The molecule has 2 aromatic rings. The number of amides is 1. The van der Waals surface area contributed by atoms with Crippen LogP contribution < -0.4 is 10.1 Å². The van der Waals surface area contributed by atoms with Gasteiger partial charge in [-0.1, -0.05) is 12.1 Å². The van der Waals surface area contributed by atoms with Crippen LogP contribution in [0.25, 0.3) is 0 Å². The summed E-state index contributed by atoms with van der Waals surface area (Å²) >= 11 is 0. The summed E-state index contributed by atoms with van der Waals surface area (Å²) in [5.74, 6) is 1.75. The number of hydrogen-bond donors (Lipinski definition) is 1. The van der Waals surface area contributed by atoms with Crippen molar-refractivity contribution >= 4 is 24.0 Å². The molecule has 2 unspecified atom stereocenters.